The molecule has 1 aliphatic rings. The van der Waals surface area contributed by atoms with Crippen molar-refractivity contribution in [1.29, 1.82) is 0 Å². The van der Waals surface area contributed by atoms with Crippen LogP contribution in [0.5, 0.6) is 0 Å². The molecule has 0 aromatic carbocycles. The van der Waals surface area contributed by atoms with Crippen molar-refractivity contribution in [1.82, 2.24) is 15.6 Å². The third-order valence-electron chi connectivity index (χ3n) is 3.85. The number of rotatable bonds is 9. The molecule has 0 bridgehead atoms. The molecule has 1 atom stereocenters. The first-order valence-corrected chi connectivity index (χ1v) is 8.71. The van der Waals surface area contributed by atoms with E-state index in [0.717, 1.165) is 25.5 Å². The molecule has 0 spiro atoms. The van der Waals surface area contributed by atoms with E-state index in [0.29, 0.717) is 38.7 Å². The van der Waals surface area contributed by atoms with Crippen molar-refractivity contribution in [2.75, 3.05) is 58.0 Å². The summed E-state index contributed by atoms with van der Waals surface area (Å²) in [6.07, 6.45) is 2.53. The molecule has 0 radical (unpaired) electrons. The van der Waals surface area contributed by atoms with Crippen LogP contribution in [-0.4, -0.2) is 70.1 Å². The maximum Gasteiger partial charge on any atom is 0.191 e. The van der Waals surface area contributed by atoms with E-state index in [1.54, 1.807) is 19.4 Å². The van der Waals surface area contributed by atoms with Gasteiger partial charge in [-0.1, -0.05) is 0 Å². The van der Waals surface area contributed by atoms with Crippen LogP contribution in [0, 0.1) is 5.82 Å². The Bertz CT molecular complexity index is 550. The number of guanidine groups is 1. The summed E-state index contributed by atoms with van der Waals surface area (Å²) in [7, 11) is 1.65. The van der Waals surface area contributed by atoms with E-state index in [-0.39, 0.29) is 35.8 Å². The van der Waals surface area contributed by atoms with E-state index in [4.69, 9.17) is 9.47 Å². The van der Waals surface area contributed by atoms with Crippen LogP contribution in [0.3, 0.4) is 0 Å². The summed E-state index contributed by atoms with van der Waals surface area (Å²) < 4.78 is 24.2. The van der Waals surface area contributed by atoms with Gasteiger partial charge in [0.2, 0.25) is 0 Å². The highest BCUT2D eigenvalue weighted by molar-refractivity contribution is 14.0. The zero-order chi connectivity index (χ0) is 17.9. The molecule has 2 N–H and O–H groups in total. The van der Waals surface area contributed by atoms with E-state index < -0.39 is 0 Å². The van der Waals surface area contributed by atoms with Crippen LogP contribution in [-0.2, 0) is 9.47 Å². The van der Waals surface area contributed by atoms with Crippen molar-refractivity contribution >= 4 is 35.8 Å². The molecule has 0 aliphatic carbocycles. The van der Waals surface area contributed by atoms with Crippen molar-refractivity contribution in [3.05, 3.63) is 24.1 Å². The normalized spacial score (nSPS) is 17.1. The van der Waals surface area contributed by atoms with Crippen molar-refractivity contribution in [2.24, 2.45) is 4.99 Å². The Labute approximate surface area is 171 Å². The number of aromatic nitrogens is 1. The fourth-order valence-electron chi connectivity index (χ4n) is 2.66. The zero-order valence-electron chi connectivity index (χ0n) is 15.4. The minimum Gasteiger partial charge on any atom is -0.382 e. The Balaban J connectivity index is 0.00000338. The first-order chi connectivity index (χ1) is 12.2. The Hall–Kier alpha value is -1.20. The molecule has 1 aliphatic heterocycles. The van der Waals surface area contributed by atoms with Gasteiger partial charge in [-0.3, -0.25) is 4.99 Å². The number of halogens is 2. The monoisotopic (exact) mass is 481 g/mol. The van der Waals surface area contributed by atoms with Crippen LogP contribution in [0.2, 0.25) is 0 Å². The van der Waals surface area contributed by atoms with Gasteiger partial charge in [0.05, 0.1) is 26.4 Å². The maximum absolute atomic E-state index is 13.9. The molecular weight excluding hydrogens is 452 g/mol. The quantitative estimate of drug-likeness (QED) is 0.242. The predicted octanol–water partition coefficient (Wildman–Crippen LogP) is 1.64. The average Bonchev–Trinajstić information content (AvgIpc) is 3.07. The Kier molecular flexibility index (Phi) is 11.5. The summed E-state index contributed by atoms with van der Waals surface area (Å²) in [4.78, 5) is 10.6. The Morgan fingerprint density at radius 2 is 2.27 bits per heavy atom. The van der Waals surface area contributed by atoms with Gasteiger partial charge in [-0.05, 0) is 25.5 Å². The number of nitrogens with one attached hydrogen (secondary N) is 2. The first-order valence-electron chi connectivity index (χ1n) is 8.71. The van der Waals surface area contributed by atoms with E-state index >= 15 is 0 Å². The number of hydrogen-bond acceptors (Lipinski definition) is 5. The molecule has 1 aromatic rings. The Morgan fingerprint density at radius 3 is 3.00 bits per heavy atom. The molecule has 26 heavy (non-hydrogen) atoms. The fraction of sp³-hybridized carbons (Fsp3) is 0.647. The number of pyridine rings is 1. The van der Waals surface area contributed by atoms with Crippen LogP contribution in [0.15, 0.2) is 23.3 Å². The highest BCUT2D eigenvalue weighted by Gasteiger charge is 2.25. The molecule has 2 rings (SSSR count). The van der Waals surface area contributed by atoms with Gasteiger partial charge in [0.25, 0.3) is 0 Å². The van der Waals surface area contributed by atoms with Crippen LogP contribution in [0.4, 0.5) is 10.2 Å². The van der Waals surface area contributed by atoms with Gasteiger partial charge in [-0.2, -0.15) is 0 Å². The van der Waals surface area contributed by atoms with Gasteiger partial charge in [-0.25, -0.2) is 9.37 Å². The summed E-state index contributed by atoms with van der Waals surface area (Å²) >= 11 is 0. The second kappa shape index (κ2) is 13.0. The number of aliphatic imine (C=N–C) groups is 1. The summed E-state index contributed by atoms with van der Waals surface area (Å²) in [5.41, 5.74) is 0. The summed E-state index contributed by atoms with van der Waals surface area (Å²) in [6, 6.07) is 3.25. The van der Waals surface area contributed by atoms with Crippen molar-refractivity contribution < 1.29 is 13.9 Å². The smallest absolute Gasteiger partial charge is 0.191 e. The molecule has 9 heteroatoms. The van der Waals surface area contributed by atoms with Crippen molar-refractivity contribution in [3.63, 3.8) is 0 Å². The van der Waals surface area contributed by atoms with Gasteiger partial charge in [0.1, 0.15) is 0 Å². The molecule has 0 amide bonds. The van der Waals surface area contributed by atoms with Crippen LogP contribution >= 0.6 is 24.0 Å². The van der Waals surface area contributed by atoms with E-state index in [9.17, 15) is 4.39 Å². The fourth-order valence-corrected chi connectivity index (χ4v) is 2.66. The summed E-state index contributed by atoms with van der Waals surface area (Å²) in [6.45, 7) is 6.56. The third-order valence-corrected chi connectivity index (χ3v) is 3.85. The molecule has 148 valence electrons. The topological polar surface area (TPSA) is 71.0 Å². The molecule has 1 fully saturated rings. The lowest BCUT2D eigenvalue weighted by Crippen LogP contribution is -2.44. The summed E-state index contributed by atoms with van der Waals surface area (Å²) in [5.74, 6) is 0.892. The largest absolute Gasteiger partial charge is 0.382 e. The van der Waals surface area contributed by atoms with Crippen molar-refractivity contribution in [3.8, 4) is 0 Å². The SMILES string of the molecule is CCNC(=NCCOCCOC)NC1CCN(c2ncccc2F)C1.I. The lowest BCUT2D eigenvalue weighted by molar-refractivity contribution is 0.0748. The second-order valence-electron chi connectivity index (χ2n) is 5.75. The van der Waals surface area contributed by atoms with Gasteiger partial charge in [0, 0.05) is 39.0 Å². The van der Waals surface area contributed by atoms with Crippen LogP contribution in [0.25, 0.3) is 0 Å². The van der Waals surface area contributed by atoms with Crippen molar-refractivity contribution in [2.45, 2.75) is 19.4 Å². The summed E-state index contributed by atoms with van der Waals surface area (Å²) in [5, 5.41) is 6.63. The predicted molar refractivity (Wildman–Crippen MR) is 112 cm³/mol. The number of nitrogens with zero attached hydrogens (tertiary/aromatic N) is 3. The number of hydrogen-bond donors (Lipinski definition) is 2. The third kappa shape index (κ3) is 7.58. The minimum atomic E-state index is -0.281. The second-order valence-corrected chi connectivity index (χ2v) is 5.75. The molecule has 1 aromatic heterocycles. The van der Waals surface area contributed by atoms with Crippen LogP contribution < -0.4 is 15.5 Å². The van der Waals surface area contributed by atoms with Gasteiger partial charge in [0.15, 0.2) is 17.6 Å². The molecule has 7 nitrogen and oxygen atoms in total. The average molecular weight is 481 g/mol. The standard InChI is InChI=1S/C17H28FN5O2.HI/c1-3-19-17(21-8-10-25-12-11-24-2)22-14-6-9-23(13-14)16-15(18)5-4-7-20-16;/h4-5,7,14H,3,6,8-13H2,1-2H3,(H2,19,21,22);1H. The van der Waals surface area contributed by atoms with E-state index in [2.05, 4.69) is 20.6 Å². The lowest BCUT2D eigenvalue weighted by atomic mass is 10.3. The highest BCUT2D eigenvalue weighted by atomic mass is 127. The molecular formula is C17H29FIN5O2. The van der Waals surface area contributed by atoms with Gasteiger partial charge in [-0.15, -0.1) is 24.0 Å². The number of methoxy groups -OCH3 is 1. The lowest BCUT2D eigenvalue weighted by Gasteiger charge is -2.19. The van der Waals surface area contributed by atoms with Gasteiger partial charge >= 0.3 is 0 Å². The number of ether oxygens (including phenoxy) is 2. The molecule has 1 saturated heterocycles. The van der Waals surface area contributed by atoms with Gasteiger partial charge < -0.3 is 25.0 Å². The minimum absolute atomic E-state index is 0. The first kappa shape index (κ1) is 22.8. The Morgan fingerprint density at radius 1 is 1.42 bits per heavy atom. The van der Waals surface area contributed by atoms with E-state index in [1.165, 1.54) is 6.07 Å². The molecule has 2 heterocycles. The number of anilines is 1. The highest BCUT2D eigenvalue weighted by Crippen LogP contribution is 2.20. The van der Waals surface area contributed by atoms with Crippen LogP contribution in [0.1, 0.15) is 13.3 Å². The molecule has 0 saturated carbocycles. The van der Waals surface area contributed by atoms with E-state index in [1.807, 2.05) is 11.8 Å². The zero-order valence-corrected chi connectivity index (χ0v) is 17.7. The maximum atomic E-state index is 13.9. The molecule has 1 unspecified atom stereocenters.